The number of anilines is 2. The third-order valence-corrected chi connectivity index (χ3v) is 4.69. The molecule has 4 heterocycles. The molecule has 4 rings (SSSR count). The highest BCUT2D eigenvalue weighted by Crippen LogP contribution is 2.28. The van der Waals surface area contributed by atoms with Crippen molar-refractivity contribution in [2.45, 2.75) is 12.7 Å². The quantitative estimate of drug-likeness (QED) is 0.749. The van der Waals surface area contributed by atoms with E-state index >= 15 is 0 Å². The summed E-state index contributed by atoms with van der Waals surface area (Å²) in [5, 5.41) is 6.55. The number of nitrogens with zero attached hydrogens (tertiary/aromatic N) is 7. The minimum Gasteiger partial charge on any atom is -0.416 e. The fourth-order valence-electron chi connectivity index (χ4n) is 3.19. The van der Waals surface area contributed by atoms with E-state index in [4.69, 9.17) is 9.15 Å². The summed E-state index contributed by atoms with van der Waals surface area (Å²) in [6, 6.07) is 1.87. The van der Waals surface area contributed by atoms with Crippen LogP contribution in [0.25, 0.3) is 0 Å². The molecule has 152 valence electrons. The molecule has 0 radical (unpaired) electrons. The van der Waals surface area contributed by atoms with Crippen LogP contribution < -0.4 is 9.80 Å². The summed E-state index contributed by atoms with van der Waals surface area (Å²) in [6.07, 6.45) is -2.87. The van der Waals surface area contributed by atoms with Gasteiger partial charge in [-0.25, -0.2) is 4.98 Å². The molecule has 0 atom stereocenters. The number of hydrogen-bond acceptors (Lipinski definition) is 9. The van der Waals surface area contributed by atoms with E-state index in [0.29, 0.717) is 45.3 Å². The highest BCUT2D eigenvalue weighted by molar-refractivity contribution is 5.44. The molecule has 0 saturated carbocycles. The van der Waals surface area contributed by atoms with Crippen molar-refractivity contribution >= 4 is 11.8 Å². The molecular formula is C16H20F3N7O2. The maximum atomic E-state index is 12.5. The first-order chi connectivity index (χ1) is 13.5. The summed E-state index contributed by atoms with van der Waals surface area (Å²) in [5.41, 5.74) is 0. The van der Waals surface area contributed by atoms with E-state index < -0.39 is 12.1 Å². The summed E-state index contributed by atoms with van der Waals surface area (Å²) < 4.78 is 47.7. The molecule has 9 nitrogen and oxygen atoms in total. The van der Waals surface area contributed by atoms with Crippen molar-refractivity contribution in [2.24, 2.45) is 0 Å². The van der Waals surface area contributed by atoms with Crippen LogP contribution in [0.15, 0.2) is 16.7 Å². The molecule has 0 unspecified atom stereocenters. The first-order valence-corrected chi connectivity index (χ1v) is 9.02. The van der Waals surface area contributed by atoms with Gasteiger partial charge in [0, 0.05) is 45.5 Å². The summed E-state index contributed by atoms with van der Waals surface area (Å²) in [5.74, 6) is 0.192. The fraction of sp³-hybridized carbons (Fsp3) is 0.625. The molecule has 0 aliphatic carbocycles. The standard InChI is InChI=1S/C16H20F3N7O2/c17-16(18,19)14-23-22-13(28-14)11-24-3-5-25(6-4-24)12-1-2-20-15(21-12)26-7-9-27-10-8-26/h1-2H,3-11H2. The van der Waals surface area contributed by atoms with Gasteiger partial charge in [0.15, 0.2) is 0 Å². The lowest BCUT2D eigenvalue weighted by atomic mass is 10.3. The zero-order valence-corrected chi connectivity index (χ0v) is 15.1. The lowest BCUT2D eigenvalue weighted by Gasteiger charge is -2.35. The predicted molar refractivity (Wildman–Crippen MR) is 91.9 cm³/mol. The number of piperazine rings is 1. The largest absolute Gasteiger partial charge is 0.470 e. The Morgan fingerprint density at radius 3 is 2.39 bits per heavy atom. The summed E-state index contributed by atoms with van der Waals surface area (Å²) in [4.78, 5) is 15.2. The van der Waals surface area contributed by atoms with Crippen LogP contribution in [-0.2, 0) is 17.5 Å². The van der Waals surface area contributed by atoms with Gasteiger partial charge in [-0.2, -0.15) is 18.2 Å². The van der Waals surface area contributed by atoms with E-state index in [1.54, 1.807) is 6.20 Å². The summed E-state index contributed by atoms with van der Waals surface area (Å²) >= 11 is 0. The van der Waals surface area contributed by atoms with Crippen LogP contribution in [0, 0.1) is 0 Å². The Balaban J connectivity index is 1.33. The molecule has 2 fully saturated rings. The van der Waals surface area contributed by atoms with Crippen molar-refractivity contribution in [1.29, 1.82) is 0 Å². The Kier molecular flexibility index (Phi) is 5.31. The van der Waals surface area contributed by atoms with Crippen LogP contribution in [-0.4, -0.2) is 77.5 Å². The molecule has 2 saturated heterocycles. The van der Waals surface area contributed by atoms with Crippen LogP contribution in [0.5, 0.6) is 0 Å². The van der Waals surface area contributed by atoms with Crippen LogP contribution >= 0.6 is 0 Å². The fourth-order valence-corrected chi connectivity index (χ4v) is 3.19. The molecule has 2 aromatic heterocycles. The molecule has 12 heteroatoms. The summed E-state index contributed by atoms with van der Waals surface area (Å²) in [7, 11) is 0. The van der Waals surface area contributed by atoms with E-state index in [0.717, 1.165) is 18.9 Å². The van der Waals surface area contributed by atoms with Gasteiger partial charge in [0.05, 0.1) is 19.8 Å². The van der Waals surface area contributed by atoms with Crippen molar-refractivity contribution in [1.82, 2.24) is 25.1 Å². The second-order valence-electron chi connectivity index (χ2n) is 6.58. The predicted octanol–water partition coefficient (Wildman–Crippen LogP) is 1.04. The van der Waals surface area contributed by atoms with Crippen molar-refractivity contribution in [3.63, 3.8) is 0 Å². The van der Waals surface area contributed by atoms with Crippen LogP contribution in [0.1, 0.15) is 11.8 Å². The van der Waals surface area contributed by atoms with Crippen molar-refractivity contribution in [3.8, 4) is 0 Å². The van der Waals surface area contributed by atoms with Gasteiger partial charge in [-0.1, -0.05) is 0 Å². The first-order valence-electron chi connectivity index (χ1n) is 9.02. The van der Waals surface area contributed by atoms with E-state index in [9.17, 15) is 13.2 Å². The highest BCUT2D eigenvalue weighted by atomic mass is 19.4. The van der Waals surface area contributed by atoms with E-state index in [2.05, 4.69) is 30.0 Å². The number of rotatable bonds is 4. The molecule has 0 amide bonds. The highest BCUT2D eigenvalue weighted by Gasteiger charge is 2.38. The second kappa shape index (κ2) is 7.87. The number of hydrogen-bond donors (Lipinski definition) is 0. The van der Waals surface area contributed by atoms with E-state index in [-0.39, 0.29) is 12.4 Å². The van der Waals surface area contributed by atoms with Gasteiger partial charge in [0.2, 0.25) is 11.8 Å². The van der Waals surface area contributed by atoms with Crippen LogP contribution in [0.3, 0.4) is 0 Å². The Morgan fingerprint density at radius 2 is 1.71 bits per heavy atom. The molecule has 0 aromatic carbocycles. The van der Waals surface area contributed by atoms with Gasteiger partial charge in [-0.15, -0.1) is 10.2 Å². The average molecular weight is 399 g/mol. The maximum Gasteiger partial charge on any atom is 0.470 e. The maximum absolute atomic E-state index is 12.5. The monoisotopic (exact) mass is 399 g/mol. The molecule has 2 aliphatic heterocycles. The van der Waals surface area contributed by atoms with E-state index in [1.165, 1.54) is 0 Å². The van der Waals surface area contributed by atoms with Crippen molar-refractivity contribution in [2.75, 3.05) is 62.3 Å². The number of alkyl halides is 3. The van der Waals surface area contributed by atoms with Gasteiger partial charge >= 0.3 is 12.1 Å². The third kappa shape index (κ3) is 4.33. The van der Waals surface area contributed by atoms with Gasteiger partial charge < -0.3 is 19.0 Å². The van der Waals surface area contributed by atoms with Crippen molar-refractivity contribution in [3.05, 3.63) is 24.0 Å². The number of morpholine rings is 1. The minimum atomic E-state index is -4.62. The zero-order chi connectivity index (χ0) is 19.6. The second-order valence-corrected chi connectivity index (χ2v) is 6.58. The molecule has 0 bridgehead atoms. The SMILES string of the molecule is FC(F)(F)c1nnc(CN2CCN(c3ccnc(N4CCOCC4)n3)CC2)o1. The molecule has 0 N–H and O–H groups in total. The topological polar surface area (TPSA) is 83.7 Å². The lowest BCUT2D eigenvalue weighted by Crippen LogP contribution is -2.46. The Morgan fingerprint density at radius 1 is 0.964 bits per heavy atom. The molecule has 28 heavy (non-hydrogen) atoms. The Labute approximate surface area is 159 Å². The lowest BCUT2D eigenvalue weighted by molar-refractivity contribution is -0.157. The Hall–Kier alpha value is -2.47. The van der Waals surface area contributed by atoms with Crippen LogP contribution in [0.2, 0.25) is 0 Å². The molecule has 2 aliphatic rings. The van der Waals surface area contributed by atoms with Crippen LogP contribution in [0.4, 0.5) is 24.9 Å². The van der Waals surface area contributed by atoms with Gasteiger partial charge in [0.1, 0.15) is 5.82 Å². The molecule has 2 aromatic rings. The number of ether oxygens (including phenoxy) is 1. The minimum absolute atomic E-state index is 0.0302. The first kappa shape index (κ1) is 18.9. The molecule has 0 spiro atoms. The zero-order valence-electron chi connectivity index (χ0n) is 15.1. The van der Waals surface area contributed by atoms with Crippen molar-refractivity contribution < 1.29 is 22.3 Å². The van der Waals surface area contributed by atoms with Gasteiger partial charge in [-0.05, 0) is 6.07 Å². The van der Waals surface area contributed by atoms with Gasteiger partial charge in [0.25, 0.3) is 0 Å². The Bertz CT molecular complexity index is 787. The average Bonchev–Trinajstić information content (AvgIpc) is 3.18. The van der Waals surface area contributed by atoms with Gasteiger partial charge in [-0.3, -0.25) is 4.90 Å². The smallest absolute Gasteiger partial charge is 0.416 e. The van der Waals surface area contributed by atoms with E-state index in [1.807, 2.05) is 11.0 Å². The number of aromatic nitrogens is 4. The molecular weight excluding hydrogens is 379 g/mol. The normalized spacial score (nSPS) is 19.2. The third-order valence-electron chi connectivity index (χ3n) is 4.69. The number of halogens is 3. The summed E-state index contributed by atoms with van der Waals surface area (Å²) in [6.45, 7) is 5.75.